The molecule has 0 N–H and O–H groups in total. The predicted molar refractivity (Wildman–Crippen MR) is 24.2 cm³/mol. The minimum absolute atomic E-state index is 0. The SMILES string of the molecule is [BeH2].[BiH3].[Nb].[Tl]. The standard InChI is InChI=1S/Be.Bi.Nb.Tl.5H. The van der Waals surface area contributed by atoms with E-state index in [0.717, 1.165) is 0 Å². The van der Waals surface area contributed by atoms with Gasteiger partial charge in [0.25, 0.3) is 0 Å². The van der Waals surface area contributed by atoms with Crippen LogP contribution in [0.4, 0.5) is 0 Å². The maximum Gasteiger partial charge on any atom is 0 e. The van der Waals surface area contributed by atoms with Crippen LogP contribution in [0.2, 0.25) is 0 Å². The van der Waals surface area contributed by atoms with Crippen LogP contribution in [0.1, 0.15) is 0 Å². The molecule has 0 saturated carbocycles. The summed E-state index contributed by atoms with van der Waals surface area (Å²) in [7, 11) is 0. The van der Waals surface area contributed by atoms with Gasteiger partial charge in [0.1, 0.15) is 0 Å². The van der Waals surface area contributed by atoms with Crippen molar-refractivity contribution in [3.8, 4) is 0 Å². The van der Waals surface area contributed by atoms with Crippen LogP contribution in [0.25, 0.3) is 0 Å². The molecule has 0 fully saturated rings. The second kappa shape index (κ2) is 17.2. The molecule has 0 aromatic carbocycles. The molecule has 0 heterocycles. The third kappa shape index (κ3) is 8.83. The molecule has 0 aliphatic carbocycles. The molecule has 0 nitrogen and oxygen atoms in total. The van der Waals surface area contributed by atoms with E-state index < -0.39 is 0 Å². The third-order valence-electron chi connectivity index (χ3n) is 0. The molecule has 0 aromatic rings. The molecule has 2 radical (unpaired) electrons. The average Bonchev–Trinajstić information content (AvgIpc) is 0. The molecule has 0 aromatic heterocycles. The Morgan fingerprint density at radius 3 is 1.00 bits per heavy atom. The van der Waals surface area contributed by atoms with Crippen molar-refractivity contribution in [3.63, 3.8) is 0 Å². The molecule has 0 aliphatic rings. The minimum atomic E-state index is 0. The van der Waals surface area contributed by atoms with Gasteiger partial charge in [-0.2, -0.15) is 0 Å². The van der Waals surface area contributed by atoms with Gasteiger partial charge in [0.05, 0.1) is 0 Å². The van der Waals surface area contributed by atoms with Crippen molar-refractivity contribution in [3.05, 3.63) is 0 Å². The van der Waals surface area contributed by atoms with Gasteiger partial charge >= 0.3 is 36.3 Å². The summed E-state index contributed by atoms with van der Waals surface area (Å²) in [4.78, 5) is 0. The van der Waals surface area contributed by atoms with Crippen molar-refractivity contribution >= 4 is 63.6 Å². The van der Waals surface area contributed by atoms with Gasteiger partial charge in [0.2, 0.25) is 0 Å². The van der Waals surface area contributed by atoms with Crippen LogP contribution in [0, 0.1) is 0 Å². The molecular weight excluding hydrogens is 515 g/mol. The molecule has 4 heavy (non-hydrogen) atoms. The minimum Gasteiger partial charge on any atom is 0 e. The molecular formula is H5BeBiNbTl. The Kier molecular flexibility index (Phi) is 128. The summed E-state index contributed by atoms with van der Waals surface area (Å²) in [6, 6.07) is 0. The normalized spacial score (nSPS) is 0. The zero-order valence-corrected chi connectivity index (χ0v) is 13.9. The van der Waals surface area contributed by atoms with Crippen LogP contribution in [0.3, 0.4) is 0 Å². The van der Waals surface area contributed by atoms with E-state index in [0.29, 0.717) is 0 Å². The van der Waals surface area contributed by atoms with Gasteiger partial charge in [0.15, 0.2) is 0 Å². The van der Waals surface area contributed by atoms with E-state index in [2.05, 4.69) is 0 Å². The van der Waals surface area contributed by atoms with E-state index >= 15 is 0 Å². The van der Waals surface area contributed by atoms with Gasteiger partial charge in [-0.25, -0.2) is 0 Å². The Morgan fingerprint density at radius 1 is 1.00 bits per heavy atom. The predicted octanol–water partition coefficient (Wildman–Crippen LogP) is -2.48. The Hall–Kier alpha value is 2.71. The van der Waals surface area contributed by atoms with Gasteiger partial charge in [-0.15, -0.1) is 0 Å². The van der Waals surface area contributed by atoms with E-state index in [1.807, 2.05) is 0 Å². The van der Waals surface area contributed by atoms with Crippen LogP contribution in [0.15, 0.2) is 0 Å². The summed E-state index contributed by atoms with van der Waals surface area (Å²) < 4.78 is 0. The topological polar surface area (TPSA) is 0 Å². The zero-order chi connectivity index (χ0) is 0. The molecule has 4 heteroatoms. The number of rotatable bonds is 0. The van der Waals surface area contributed by atoms with E-state index in [4.69, 9.17) is 0 Å². The molecule has 0 bridgehead atoms. The van der Waals surface area contributed by atoms with Gasteiger partial charge in [-0.05, 0) is 0 Å². The van der Waals surface area contributed by atoms with Crippen LogP contribution < -0.4 is 0 Å². The van der Waals surface area contributed by atoms with Crippen LogP contribution in [-0.4, -0.2) is 63.6 Å². The van der Waals surface area contributed by atoms with E-state index in [1.54, 1.807) is 0 Å². The Morgan fingerprint density at radius 2 is 1.00 bits per heavy atom. The summed E-state index contributed by atoms with van der Waals surface area (Å²) in [5, 5.41) is 0. The molecule has 0 unspecified atom stereocenters. The molecule has 20 valence electrons. The summed E-state index contributed by atoms with van der Waals surface area (Å²) in [6.07, 6.45) is 0. The number of hydrogen-bond donors (Lipinski definition) is 0. The van der Waals surface area contributed by atoms with E-state index in [1.165, 1.54) is 0 Å². The molecule has 0 saturated heterocycles. The maximum atomic E-state index is 0. The zero-order valence-electron chi connectivity index (χ0n) is 1.73. The van der Waals surface area contributed by atoms with Crippen molar-refractivity contribution in [2.75, 3.05) is 0 Å². The van der Waals surface area contributed by atoms with Gasteiger partial charge in [-0.3, -0.25) is 0 Å². The van der Waals surface area contributed by atoms with Crippen molar-refractivity contribution in [2.24, 2.45) is 0 Å². The fraction of sp³-hybridized carbons (Fsp3) is 0. The largest absolute Gasteiger partial charge is 0 e. The summed E-state index contributed by atoms with van der Waals surface area (Å²) in [5.41, 5.74) is 0. The van der Waals surface area contributed by atoms with Crippen LogP contribution >= 0.6 is 0 Å². The quantitative estimate of drug-likeness (QED) is 0.311. The first-order chi connectivity index (χ1) is 0. The second-order valence-electron chi connectivity index (χ2n) is 0. The number of hydrogen-bond acceptors (Lipinski definition) is 0. The Bertz CT molecular complexity index is 8.00. The average molecular weight is 520 g/mol. The van der Waals surface area contributed by atoms with Gasteiger partial charge in [-0.1, -0.05) is 0 Å². The van der Waals surface area contributed by atoms with E-state index in [9.17, 15) is 0 Å². The van der Waals surface area contributed by atoms with Gasteiger partial charge < -0.3 is 0 Å². The summed E-state index contributed by atoms with van der Waals surface area (Å²) in [5.74, 6) is 0. The molecule has 0 aliphatic heterocycles. The molecule has 0 atom stereocenters. The maximum absolute atomic E-state index is 0. The molecule has 0 rings (SSSR count). The van der Waals surface area contributed by atoms with Crippen molar-refractivity contribution in [1.82, 2.24) is 0 Å². The van der Waals surface area contributed by atoms with Crippen molar-refractivity contribution < 1.29 is 22.4 Å². The second-order valence-corrected chi connectivity index (χ2v) is 0. The third-order valence-corrected chi connectivity index (χ3v) is 0. The molecule has 0 amide bonds. The summed E-state index contributed by atoms with van der Waals surface area (Å²) in [6.45, 7) is 0. The first kappa shape index (κ1) is 29.8. The van der Waals surface area contributed by atoms with Crippen molar-refractivity contribution in [2.45, 2.75) is 0 Å². The smallest absolute Gasteiger partial charge is 0 e. The first-order valence-electron chi connectivity index (χ1n) is 0. The summed E-state index contributed by atoms with van der Waals surface area (Å²) >= 11 is 0. The van der Waals surface area contributed by atoms with E-state index in [-0.39, 0.29) is 86.0 Å². The monoisotopic (exact) mass is 521 g/mol. The van der Waals surface area contributed by atoms with Crippen molar-refractivity contribution in [1.29, 1.82) is 0 Å². The van der Waals surface area contributed by atoms with Crippen LogP contribution in [0.5, 0.6) is 0 Å². The Balaban J connectivity index is 0. The molecule has 0 spiro atoms. The first-order valence-corrected chi connectivity index (χ1v) is 0. The van der Waals surface area contributed by atoms with Crippen LogP contribution in [-0.2, 0) is 22.4 Å². The van der Waals surface area contributed by atoms with Gasteiger partial charge in [0, 0.05) is 49.7 Å². The fourth-order valence-electron chi connectivity index (χ4n) is 0. The Labute approximate surface area is 84.5 Å². The fourth-order valence-corrected chi connectivity index (χ4v) is 0.